The van der Waals surface area contributed by atoms with Crippen molar-refractivity contribution >= 4 is 40.9 Å². The van der Waals surface area contributed by atoms with Gasteiger partial charge >= 0.3 is 0 Å². The number of para-hydroxylation sites is 1. The number of hydrogen-bond acceptors (Lipinski definition) is 5. The third kappa shape index (κ3) is 6.44. The van der Waals surface area contributed by atoms with Gasteiger partial charge in [0, 0.05) is 11.4 Å². The van der Waals surface area contributed by atoms with Gasteiger partial charge in [0.1, 0.15) is 11.6 Å². The van der Waals surface area contributed by atoms with Gasteiger partial charge in [0.15, 0.2) is 18.1 Å². The van der Waals surface area contributed by atoms with Crippen molar-refractivity contribution < 1.29 is 19.1 Å². The van der Waals surface area contributed by atoms with E-state index >= 15 is 0 Å². The molecular formula is C28H26ClN3O4. The maximum absolute atomic E-state index is 12.6. The second-order valence-corrected chi connectivity index (χ2v) is 8.46. The number of ether oxygens (including phenoxy) is 2. The first-order valence-electron chi connectivity index (χ1n) is 11.1. The van der Waals surface area contributed by atoms with E-state index in [1.54, 1.807) is 18.2 Å². The maximum Gasteiger partial charge on any atom is 0.266 e. The Morgan fingerprint density at radius 2 is 1.69 bits per heavy atom. The lowest BCUT2D eigenvalue weighted by Crippen LogP contribution is -2.21. The molecule has 0 unspecified atom stereocenters. The lowest BCUT2D eigenvalue weighted by molar-refractivity contribution is -0.118. The largest absolute Gasteiger partial charge is 0.493 e. The molecule has 0 heterocycles. The van der Waals surface area contributed by atoms with E-state index < -0.39 is 5.91 Å². The van der Waals surface area contributed by atoms with Crippen LogP contribution in [0, 0.1) is 32.1 Å². The minimum atomic E-state index is -0.551. The summed E-state index contributed by atoms with van der Waals surface area (Å²) >= 11 is 6.41. The van der Waals surface area contributed by atoms with E-state index in [0.29, 0.717) is 16.9 Å². The normalized spacial score (nSPS) is 10.8. The lowest BCUT2D eigenvalue weighted by Gasteiger charge is -2.14. The summed E-state index contributed by atoms with van der Waals surface area (Å²) in [4.78, 5) is 25.1. The molecule has 0 aliphatic rings. The fourth-order valence-corrected chi connectivity index (χ4v) is 3.67. The highest BCUT2D eigenvalue weighted by molar-refractivity contribution is 6.32. The third-order valence-corrected chi connectivity index (χ3v) is 5.83. The number of nitrogens with one attached hydrogen (secondary N) is 2. The van der Waals surface area contributed by atoms with Gasteiger partial charge in [-0.15, -0.1) is 0 Å². The van der Waals surface area contributed by atoms with Crippen molar-refractivity contribution in [1.82, 2.24) is 0 Å². The molecule has 36 heavy (non-hydrogen) atoms. The number of hydrogen-bond donors (Lipinski definition) is 2. The minimum Gasteiger partial charge on any atom is -0.493 e. The fraction of sp³-hybridized carbons (Fsp3) is 0.179. The predicted molar refractivity (Wildman–Crippen MR) is 141 cm³/mol. The van der Waals surface area contributed by atoms with Crippen molar-refractivity contribution in [3.05, 3.63) is 87.4 Å². The van der Waals surface area contributed by atoms with E-state index in [-0.39, 0.29) is 34.6 Å². The molecule has 2 N–H and O–H groups in total. The average molecular weight is 504 g/mol. The number of nitrogens with zero attached hydrogens (tertiary/aromatic N) is 1. The highest BCUT2D eigenvalue weighted by Crippen LogP contribution is 2.37. The van der Waals surface area contributed by atoms with Crippen LogP contribution in [0.4, 0.5) is 11.4 Å². The number of halogens is 1. The predicted octanol–water partition coefficient (Wildman–Crippen LogP) is 5.84. The second kappa shape index (κ2) is 11.9. The van der Waals surface area contributed by atoms with Gasteiger partial charge in [-0.2, -0.15) is 5.26 Å². The molecule has 0 bridgehead atoms. The van der Waals surface area contributed by atoms with Crippen LogP contribution in [-0.4, -0.2) is 25.5 Å². The van der Waals surface area contributed by atoms with Crippen molar-refractivity contribution in [2.24, 2.45) is 0 Å². The molecule has 7 nitrogen and oxygen atoms in total. The summed E-state index contributed by atoms with van der Waals surface area (Å²) in [6.45, 7) is 5.46. The Hall–Kier alpha value is -4.28. The van der Waals surface area contributed by atoms with Gasteiger partial charge in [0.2, 0.25) is 0 Å². The van der Waals surface area contributed by atoms with Crippen LogP contribution >= 0.6 is 11.6 Å². The smallest absolute Gasteiger partial charge is 0.266 e. The molecule has 0 aromatic heterocycles. The van der Waals surface area contributed by atoms with Gasteiger partial charge in [-0.1, -0.05) is 41.9 Å². The van der Waals surface area contributed by atoms with Crippen molar-refractivity contribution in [3.8, 4) is 17.6 Å². The average Bonchev–Trinajstić information content (AvgIpc) is 2.85. The van der Waals surface area contributed by atoms with Gasteiger partial charge in [-0.3, -0.25) is 9.59 Å². The van der Waals surface area contributed by atoms with Gasteiger partial charge in [-0.25, -0.2) is 0 Å². The molecule has 0 spiro atoms. The molecule has 184 valence electrons. The molecule has 0 saturated carbocycles. The van der Waals surface area contributed by atoms with E-state index in [4.69, 9.17) is 21.1 Å². The summed E-state index contributed by atoms with van der Waals surface area (Å²) in [5.74, 6) is -0.476. The molecule has 3 aromatic carbocycles. The number of carbonyl (C=O) groups excluding carboxylic acids is 2. The van der Waals surface area contributed by atoms with E-state index in [0.717, 1.165) is 16.7 Å². The first-order chi connectivity index (χ1) is 17.2. The van der Waals surface area contributed by atoms with E-state index in [1.165, 1.54) is 19.3 Å². The maximum atomic E-state index is 12.6. The Bertz CT molecular complexity index is 1380. The van der Waals surface area contributed by atoms with Crippen LogP contribution in [0.25, 0.3) is 6.08 Å². The number of anilines is 2. The Balaban J connectivity index is 1.76. The first-order valence-corrected chi connectivity index (χ1v) is 11.5. The Kier molecular flexibility index (Phi) is 8.71. The Morgan fingerprint density at radius 3 is 2.39 bits per heavy atom. The summed E-state index contributed by atoms with van der Waals surface area (Å²) in [5, 5.41) is 15.3. The van der Waals surface area contributed by atoms with Gasteiger partial charge in [-0.05, 0) is 73.4 Å². The van der Waals surface area contributed by atoms with Crippen molar-refractivity contribution in [2.75, 3.05) is 24.4 Å². The highest BCUT2D eigenvalue weighted by Gasteiger charge is 2.16. The standard InChI is InChI=1S/C28H26ClN3O4/c1-17-9-7-11-24(19(17)3)31-26(33)16-36-27-22(29)13-20(14-25(27)35-4)12-21(15-30)28(34)32-23-10-6-5-8-18(23)2/h5-14H,16H2,1-4H3,(H,31,33)(H,32,34)/b21-12-. The van der Waals surface area contributed by atoms with Crippen LogP contribution in [0.5, 0.6) is 11.5 Å². The SMILES string of the molecule is COc1cc(/C=C(/C#N)C(=O)Nc2ccccc2C)cc(Cl)c1OCC(=O)Nc1cccc(C)c1C. The molecule has 3 aromatic rings. The van der Waals surface area contributed by atoms with Crippen molar-refractivity contribution in [3.63, 3.8) is 0 Å². The van der Waals surface area contributed by atoms with Gasteiger partial charge < -0.3 is 20.1 Å². The molecule has 2 amide bonds. The third-order valence-electron chi connectivity index (χ3n) is 5.55. The zero-order chi connectivity index (χ0) is 26.2. The van der Waals surface area contributed by atoms with E-state index in [2.05, 4.69) is 10.6 Å². The van der Waals surface area contributed by atoms with Crippen molar-refractivity contribution in [1.29, 1.82) is 5.26 Å². The van der Waals surface area contributed by atoms with E-state index in [9.17, 15) is 14.9 Å². The van der Waals surface area contributed by atoms with Gasteiger partial charge in [0.25, 0.3) is 11.8 Å². The molecule has 0 saturated heterocycles. The lowest BCUT2D eigenvalue weighted by atomic mass is 10.1. The summed E-state index contributed by atoms with van der Waals surface area (Å²) in [7, 11) is 1.43. The molecular weight excluding hydrogens is 478 g/mol. The van der Waals surface area contributed by atoms with E-state index in [1.807, 2.05) is 57.2 Å². The first kappa shape index (κ1) is 26.3. The van der Waals surface area contributed by atoms with Crippen LogP contribution in [0.3, 0.4) is 0 Å². The molecule has 0 fully saturated rings. The van der Waals surface area contributed by atoms with Crippen LogP contribution in [-0.2, 0) is 9.59 Å². The molecule has 3 rings (SSSR count). The van der Waals surface area contributed by atoms with Crippen LogP contribution in [0.15, 0.2) is 60.2 Å². The quantitative estimate of drug-likeness (QED) is 0.297. The van der Waals surface area contributed by atoms with Crippen LogP contribution in [0.1, 0.15) is 22.3 Å². The second-order valence-electron chi connectivity index (χ2n) is 8.06. The Morgan fingerprint density at radius 1 is 1.00 bits per heavy atom. The van der Waals surface area contributed by atoms with Crippen LogP contribution in [0.2, 0.25) is 5.02 Å². The number of carbonyl (C=O) groups is 2. The minimum absolute atomic E-state index is 0.113. The molecule has 0 aliphatic heterocycles. The monoisotopic (exact) mass is 503 g/mol. The fourth-order valence-electron chi connectivity index (χ4n) is 3.39. The number of amides is 2. The topological polar surface area (TPSA) is 100 Å². The molecule has 0 atom stereocenters. The van der Waals surface area contributed by atoms with Crippen LogP contribution < -0.4 is 20.1 Å². The number of methoxy groups -OCH3 is 1. The molecule has 8 heteroatoms. The zero-order valence-electron chi connectivity index (χ0n) is 20.4. The number of aryl methyl sites for hydroxylation is 2. The van der Waals surface area contributed by atoms with Gasteiger partial charge in [0.05, 0.1) is 12.1 Å². The summed E-state index contributed by atoms with van der Waals surface area (Å²) < 4.78 is 11.0. The number of benzene rings is 3. The number of nitriles is 1. The number of rotatable bonds is 8. The summed E-state index contributed by atoms with van der Waals surface area (Å²) in [5.41, 5.74) is 4.57. The van der Waals surface area contributed by atoms with Crippen molar-refractivity contribution in [2.45, 2.75) is 20.8 Å². The Labute approximate surface area is 215 Å². The molecule has 0 aliphatic carbocycles. The summed E-state index contributed by atoms with van der Waals surface area (Å²) in [6, 6.07) is 17.9. The molecule has 0 radical (unpaired) electrons. The highest BCUT2D eigenvalue weighted by atomic mass is 35.5. The zero-order valence-corrected chi connectivity index (χ0v) is 21.2. The summed E-state index contributed by atoms with van der Waals surface area (Å²) in [6.07, 6.45) is 1.40.